The first kappa shape index (κ1) is 12.3. The first-order valence-corrected chi connectivity index (χ1v) is 6.53. The van der Waals surface area contributed by atoms with Crippen molar-refractivity contribution >= 4 is 21.7 Å². The van der Waals surface area contributed by atoms with Gasteiger partial charge in [-0.2, -0.15) is 0 Å². The van der Waals surface area contributed by atoms with Crippen LogP contribution in [-0.2, 0) is 24.2 Å². The Morgan fingerprint density at radius 3 is 2.41 bits per heavy atom. The lowest BCUT2D eigenvalue weighted by atomic mass is 9.97. The second-order valence-corrected chi connectivity index (χ2v) is 7.31. The first-order chi connectivity index (χ1) is 7.67. The van der Waals surface area contributed by atoms with Crippen LogP contribution in [0.3, 0.4) is 0 Å². The summed E-state index contributed by atoms with van der Waals surface area (Å²) in [5.74, 6) is -1.90. The predicted molar refractivity (Wildman–Crippen MR) is 55.9 cm³/mol. The van der Waals surface area contributed by atoms with Crippen LogP contribution in [-0.4, -0.2) is 59.7 Å². The number of aliphatic carboxylic acids is 1. The van der Waals surface area contributed by atoms with Crippen LogP contribution in [0.25, 0.3) is 0 Å². The Hall–Kier alpha value is -1.15. The number of nitrogens with zero attached hydrogens (tertiary/aromatic N) is 1. The number of hydrogen-bond donors (Lipinski definition) is 1. The van der Waals surface area contributed by atoms with E-state index in [-0.39, 0.29) is 0 Å². The van der Waals surface area contributed by atoms with Gasteiger partial charge in [0.2, 0.25) is 0 Å². The monoisotopic (exact) mass is 263 g/mol. The van der Waals surface area contributed by atoms with E-state index in [1.165, 1.54) is 21.0 Å². The van der Waals surface area contributed by atoms with Crippen molar-refractivity contribution < 1.29 is 27.9 Å². The average molecular weight is 263 g/mol. The molecule has 0 aliphatic carbocycles. The number of carboxylic acid groups (broad SMARTS) is 1. The zero-order valence-electron chi connectivity index (χ0n) is 9.58. The van der Waals surface area contributed by atoms with Crippen LogP contribution in [0.15, 0.2) is 0 Å². The minimum absolute atomic E-state index is 0.584. The third-order valence-electron chi connectivity index (χ3n) is 3.51. The highest BCUT2D eigenvalue weighted by Crippen LogP contribution is 2.46. The van der Waals surface area contributed by atoms with Crippen molar-refractivity contribution in [2.75, 3.05) is 7.11 Å². The van der Waals surface area contributed by atoms with Crippen molar-refractivity contribution in [3.63, 3.8) is 0 Å². The number of sulfone groups is 1. The van der Waals surface area contributed by atoms with E-state index in [9.17, 15) is 18.0 Å². The molecule has 0 spiro atoms. The van der Waals surface area contributed by atoms with Gasteiger partial charge in [0, 0.05) is 7.11 Å². The fourth-order valence-corrected chi connectivity index (χ4v) is 4.71. The number of rotatable bonds is 2. The Kier molecular flexibility index (Phi) is 2.32. The lowest BCUT2D eigenvalue weighted by Gasteiger charge is -2.41. The second kappa shape index (κ2) is 3.20. The Labute approximate surface area is 98.3 Å². The highest BCUT2D eigenvalue weighted by Gasteiger charge is 2.72. The number of hydrogen-bond acceptors (Lipinski definition) is 5. The van der Waals surface area contributed by atoms with Crippen LogP contribution >= 0.6 is 0 Å². The van der Waals surface area contributed by atoms with E-state index < -0.39 is 44.0 Å². The lowest BCUT2D eigenvalue weighted by Crippen LogP contribution is -2.67. The summed E-state index contributed by atoms with van der Waals surface area (Å²) in [6, 6.07) is -1.35. The summed E-state index contributed by atoms with van der Waals surface area (Å²) in [5, 5.41) is 7.91. The van der Waals surface area contributed by atoms with Crippen LogP contribution in [0.2, 0.25) is 0 Å². The van der Waals surface area contributed by atoms with Crippen LogP contribution in [0, 0.1) is 0 Å². The topological polar surface area (TPSA) is 101 Å². The molecule has 2 saturated heterocycles. The molecule has 8 heteroatoms. The fraction of sp³-hybridized carbons (Fsp3) is 0.778. The maximum atomic E-state index is 12.2. The smallest absolute Gasteiger partial charge is 0.328 e. The zero-order chi connectivity index (χ0) is 13.2. The number of fused-ring (bicyclic) bond motifs is 1. The molecule has 1 amide bonds. The summed E-state index contributed by atoms with van der Waals surface area (Å²) in [4.78, 5) is 23.7. The van der Waals surface area contributed by atoms with E-state index in [1.54, 1.807) is 0 Å². The highest BCUT2D eigenvalue weighted by atomic mass is 32.2. The molecule has 2 heterocycles. The van der Waals surface area contributed by atoms with Gasteiger partial charge in [0.25, 0.3) is 5.91 Å². The van der Waals surface area contributed by atoms with Crippen LogP contribution in [0.4, 0.5) is 0 Å². The van der Waals surface area contributed by atoms with Gasteiger partial charge < -0.3 is 14.7 Å². The third kappa shape index (κ3) is 1.17. The molecule has 0 aromatic carbocycles. The summed E-state index contributed by atoms with van der Waals surface area (Å²) < 4.78 is 27.6. The van der Waals surface area contributed by atoms with Gasteiger partial charge in [-0.3, -0.25) is 4.79 Å². The predicted octanol–water partition coefficient (Wildman–Crippen LogP) is -1.17. The highest BCUT2D eigenvalue weighted by molar-refractivity contribution is 7.94. The molecule has 2 aliphatic rings. The number of β-lactam (4-membered cyclic amide) rings is 1. The molecular formula is C9H13NO6S. The molecule has 17 heavy (non-hydrogen) atoms. The molecule has 3 atom stereocenters. The Morgan fingerprint density at radius 1 is 1.47 bits per heavy atom. The molecule has 2 aliphatic heterocycles. The molecule has 2 fully saturated rings. The largest absolute Gasteiger partial charge is 0.480 e. The first-order valence-electron chi connectivity index (χ1n) is 4.99. The van der Waals surface area contributed by atoms with E-state index >= 15 is 0 Å². The molecular weight excluding hydrogens is 250 g/mol. The van der Waals surface area contributed by atoms with Crippen molar-refractivity contribution in [3.8, 4) is 0 Å². The Bertz CT molecular complexity index is 496. The van der Waals surface area contributed by atoms with E-state index in [1.807, 2.05) is 0 Å². The molecule has 0 bridgehead atoms. The van der Waals surface area contributed by atoms with E-state index in [0.717, 1.165) is 4.90 Å². The number of ether oxygens (including phenoxy) is 1. The third-order valence-corrected chi connectivity index (χ3v) is 6.31. The van der Waals surface area contributed by atoms with Crippen molar-refractivity contribution in [3.05, 3.63) is 0 Å². The molecule has 0 saturated carbocycles. The lowest BCUT2D eigenvalue weighted by molar-refractivity contribution is -0.172. The van der Waals surface area contributed by atoms with Gasteiger partial charge in [0.15, 0.2) is 21.3 Å². The number of carboxylic acids is 1. The molecule has 0 unspecified atom stereocenters. The normalized spacial score (nSPS) is 37.5. The molecule has 0 radical (unpaired) electrons. The Morgan fingerprint density at radius 2 is 2.00 bits per heavy atom. The van der Waals surface area contributed by atoms with Crippen LogP contribution < -0.4 is 0 Å². The molecule has 0 aromatic heterocycles. The maximum absolute atomic E-state index is 12.2. The van der Waals surface area contributed by atoms with Gasteiger partial charge in [-0.1, -0.05) is 0 Å². The fourth-order valence-electron chi connectivity index (χ4n) is 2.48. The second-order valence-electron chi connectivity index (χ2n) is 4.68. The molecule has 1 N–H and O–H groups in total. The SMILES string of the molecule is CO[C@H]1C(=O)N2[C@@H](C(=O)O)C(C)(C)S(=O)(=O)[C@H]12. The van der Waals surface area contributed by atoms with Gasteiger partial charge in [0.05, 0.1) is 0 Å². The van der Waals surface area contributed by atoms with Crippen LogP contribution in [0.1, 0.15) is 13.8 Å². The minimum atomic E-state index is -3.75. The van der Waals surface area contributed by atoms with Crippen molar-refractivity contribution in [1.29, 1.82) is 0 Å². The van der Waals surface area contributed by atoms with Gasteiger partial charge in [-0.05, 0) is 13.8 Å². The van der Waals surface area contributed by atoms with Crippen LogP contribution in [0.5, 0.6) is 0 Å². The average Bonchev–Trinajstić information content (AvgIpc) is 2.32. The molecule has 2 rings (SSSR count). The van der Waals surface area contributed by atoms with Crippen molar-refractivity contribution in [1.82, 2.24) is 4.90 Å². The standard InChI is InChI=1S/C9H13NO6S/c1-9(2)5(8(12)13)10-6(11)4(16-3)7(10)17(9,14)15/h4-5,7H,1-3H3,(H,12,13)/t4-,5-,7+/m0/s1. The van der Waals surface area contributed by atoms with Crippen molar-refractivity contribution in [2.24, 2.45) is 0 Å². The summed E-state index contributed by atoms with van der Waals surface area (Å²) in [7, 11) is -2.52. The van der Waals surface area contributed by atoms with Crippen molar-refractivity contribution in [2.45, 2.75) is 36.1 Å². The quantitative estimate of drug-likeness (QED) is 0.630. The molecule has 7 nitrogen and oxygen atoms in total. The van der Waals surface area contributed by atoms with E-state index in [2.05, 4.69) is 0 Å². The van der Waals surface area contributed by atoms with Gasteiger partial charge >= 0.3 is 5.97 Å². The van der Waals surface area contributed by atoms with Gasteiger partial charge in [-0.25, -0.2) is 13.2 Å². The summed E-state index contributed by atoms with van der Waals surface area (Å²) >= 11 is 0. The molecule has 0 aromatic rings. The summed E-state index contributed by atoms with van der Waals surface area (Å²) in [6.45, 7) is 2.64. The van der Waals surface area contributed by atoms with Gasteiger partial charge in [0.1, 0.15) is 10.8 Å². The minimum Gasteiger partial charge on any atom is -0.480 e. The number of carbonyl (C=O) groups excluding carboxylic acids is 1. The number of methoxy groups -OCH3 is 1. The van der Waals surface area contributed by atoms with Gasteiger partial charge in [-0.15, -0.1) is 0 Å². The maximum Gasteiger partial charge on any atom is 0.328 e. The number of carbonyl (C=O) groups is 2. The number of amides is 1. The van der Waals surface area contributed by atoms with E-state index in [4.69, 9.17) is 9.84 Å². The zero-order valence-corrected chi connectivity index (χ0v) is 10.4. The summed E-state index contributed by atoms with van der Waals surface area (Å²) in [5.41, 5.74) is 0. The summed E-state index contributed by atoms with van der Waals surface area (Å²) in [6.07, 6.45) is -1.08. The Balaban J connectivity index is 2.56. The van der Waals surface area contributed by atoms with E-state index in [0.29, 0.717) is 0 Å². The molecule has 96 valence electrons.